The van der Waals surface area contributed by atoms with Crippen LogP contribution in [-0.4, -0.2) is 15.0 Å². The SMILES string of the molecule is C=C(NCc1ccc2c(N)nccc2c1)c1cncc(Cc2cccnc2)c1. The van der Waals surface area contributed by atoms with Gasteiger partial charge in [-0.2, -0.15) is 0 Å². The van der Waals surface area contributed by atoms with Crippen molar-refractivity contribution in [2.75, 3.05) is 5.73 Å². The maximum atomic E-state index is 5.92. The summed E-state index contributed by atoms with van der Waals surface area (Å²) in [7, 11) is 0. The fourth-order valence-electron chi connectivity index (χ4n) is 3.16. The molecule has 4 aromatic rings. The molecule has 0 bridgehead atoms. The summed E-state index contributed by atoms with van der Waals surface area (Å²) < 4.78 is 0. The molecule has 3 heterocycles. The molecule has 0 atom stereocenters. The average molecular weight is 367 g/mol. The number of fused-ring (bicyclic) bond motifs is 1. The number of aromatic nitrogens is 3. The lowest BCUT2D eigenvalue weighted by molar-refractivity contribution is 0.891. The molecule has 0 amide bonds. The molecule has 28 heavy (non-hydrogen) atoms. The number of pyridine rings is 3. The predicted octanol–water partition coefficient (Wildman–Crippen LogP) is 3.96. The highest BCUT2D eigenvalue weighted by Crippen LogP contribution is 2.20. The van der Waals surface area contributed by atoms with Gasteiger partial charge in [0.15, 0.2) is 0 Å². The summed E-state index contributed by atoms with van der Waals surface area (Å²) in [5, 5.41) is 5.44. The fourth-order valence-corrected chi connectivity index (χ4v) is 3.16. The van der Waals surface area contributed by atoms with Crippen LogP contribution >= 0.6 is 0 Å². The van der Waals surface area contributed by atoms with E-state index in [0.29, 0.717) is 12.4 Å². The first-order valence-electron chi connectivity index (χ1n) is 9.08. The van der Waals surface area contributed by atoms with Crippen molar-refractivity contribution in [1.82, 2.24) is 20.3 Å². The molecule has 5 heteroatoms. The van der Waals surface area contributed by atoms with Crippen molar-refractivity contribution in [1.29, 1.82) is 0 Å². The van der Waals surface area contributed by atoms with Crippen LogP contribution in [0.15, 0.2) is 80.0 Å². The van der Waals surface area contributed by atoms with E-state index in [0.717, 1.165) is 45.1 Å². The lowest BCUT2D eigenvalue weighted by Crippen LogP contribution is -2.11. The average Bonchev–Trinajstić information content (AvgIpc) is 2.73. The van der Waals surface area contributed by atoms with Gasteiger partial charge in [-0.1, -0.05) is 24.8 Å². The van der Waals surface area contributed by atoms with Gasteiger partial charge in [0.2, 0.25) is 0 Å². The third-order valence-corrected chi connectivity index (χ3v) is 4.64. The number of nitrogens with one attached hydrogen (secondary N) is 1. The summed E-state index contributed by atoms with van der Waals surface area (Å²) in [6.07, 6.45) is 9.89. The first-order valence-corrected chi connectivity index (χ1v) is 9.08. The van der Waals surface area contributed by atoms with E-state index >= 15 is 0 Å². The zero-order valence-electron chi connectivity index (χ0n) is 15.5. The van der Waals surface area contributed by atoms with Gasteiger partial charge >= 0.3 is 0 Å². The number of benzene rings is 1. The molecule has 0 fully saturated rings. The molecule has 0 saturated carbocycles. The molecular formula is C23H21N5. The van der Waals surface area contributed by atoms with Gasteiger partial charge in [-0.25, -0.2) is 4.98 Å². The summed E-state index contributed by atoms with van der Waals surface area (Å²) in [4.78, 5) is 12.7. The predicted molar refractivity (Wildman–Crippen MR) is 113 cm³/mol. The number of anilines is 1. The summed E-state index contributed by atoms with van der Waals surface area (Å²) in [6, 6.07) is 14.3. The Balaban J connectivity index is 1.44. The van der Waals surface area contributed by atoms with Gasteiger partial charge in [-0.05, 0) is 46.3 Å². The second-order valence-corrected chi connectivity index (χ2v) is 6.70. The molecule has 0 unspecified atom stereocenters. The molecule has 0 aliphatic heterocycles. The number of nitrogens with two attached hydrogens (primary N) is 1. The number of hydrogen-bond acceptors (Lipinski definition) is 5. The van der Waals surface area contributed by atoms with Crippen LogP contribution in [0.5, 0.6) is 0 Å². The monoisotopic (exact) mass is 367 g/mol. The second kappa shape index (κ2) is 7.88. The Hall–Kier alpha value is -3.73. The Morgan fingerprint density at radius 3 is 2.68 bits per heavy atom. The van der Waals surface area contributed by atoms with E-state index in [1.54, 1.807) is 12.4 Å². The quantitative estimate of drug-likeness (QED) is 0.539. The van der Waals surface area contributed by atoms with Gasteiger partial charge in [-0.15, -0.1) is 0 Å². The van der Waals surface area contributed by atoms with Crippen molar-refractivity contribution in [3.63, 3.8) is 0 Å². The Bertz CT molecular complexity index is 1120. The van der Waals surface area contributed by atoms with E-state index in [9.17, 15) is 0 Å². The Labute approximate surface area is 164 Å². The third kappa shape index (κ3) is 3.99. The van der Waals surface area contributed by atoms with Crippen molar-refractivity contribution in [3.05, 3.63) is 102 Å². The van der Waals surface area contributed by atoms with Crippen LogP contribution in [-0.2, 0) is 13.0 Å². The lowest BCUT2D eigenvalue weighted by Gasteiger charge is -2.12. The highest BCUT2D eigenvalue weighted by Gasteiger charge is 2.04. The van der Waals surface area contributed by atoms with Gasteiger partial charge in [0.1, 0.15) is 5.82 Å². The standard InChI is InChI=1S/C23H21N5/c1-16(21-11-19(13-26-15-21)9-17-3-2-7-25-12-17)28-14-18-4-5-22-20(10-18)6-8-27-23(22)24/h2-8,10-13,15,28H,1,9,14H2,(H2,24,27). The summed E-state index contributed by atoms with van der Waals surface area (Å²) in [5.41, 5.74) is 11.2. The topological polar surface area (TPSA) is 76.7 Å². The van der Waals surface area contributed by atoms with Crippen LogP contribution in [0.4, 0.5) is 5.82 Å². The molecule has 138 valence electrons. The van der Waals surface area contributed by atoms with Crippen LogP contribution in [0.25, 0.3) is 16.5 Å². The van der Waals surface area contributed by atoms with Gasteiger partial charge < -0.3 is 11.1 Å². The normalized spacial score (nSPS) is 10.7. The summed E-state index contributed by atoms with van der Waals surface area (Å²) in [5.74, 6) is 0.554. The molecule has 1 aromatic carbocycles. The van der Waals surface area contributed by atoms with E-state index in [4.69, 9.17) is 5.73 Å². The van der Waals surface area contributed by atoms with Gasteiger partial charge in [0.25, 0.3) is 0 Å². The van der Waals surface area contributed by atoms with E-state index in [1.807, 2.05) is 36.8 Å². The molecule has 0 saturated heterocycles. The maximum Gasteiger partial charge on any atom is 0.131 e. The van der Waals surface area contributed by atoms with Crippen LogP contribution in [0.1, 0.15) is 22.3 Å². The third-order valence-electron chi connectivity index (χ3n) is 4.64. The zero-order valence-corrected chi connectivity index (χ0v) is 15.5. The van der Waals surface area contributed by atoms with E-state index in [2.05, 4.69) is 51.1 Å². The second-order valence-electron chi connectivity index (χ2n) is 6.70. The minimum absolute atomic E-state index is 0.554. The molecular weight excluding hydrogens is 346 g/mol. The number of hydrogen-bond donors (Lipinski definition) is 2. The highest BCUT2D eigenvalue weighted by atomic mass is 14.9. The lowest BCUT2D eigenvalue weighted by atomic mass is 10.1. The van der Waals surface area contributed by atoms with Crippen molar-refractivity contribution >= 4 is 22.3 Å². The van der Waals surface area contributed by atoms with Gasteiger partial charge in [-0.3, -0.25) is 9.97 Å². The molecule has 3 aromatic heterocycles. The maximum absolute atomic E-state index is 5.92. The molecule has 4 rings (SSSR count). The number of rotatable bonds is 6. The highest BCUT2D eigenvalue weighted by molar-refractivity contribution is 5.91. The smallest absolute Gasteiger partial charge is 0.131 e. The van der Waals surface area contributed by atoms with Crippen LogP contribution in [0, 0.1) is 0 Å². The number of nitrogens with zero attached hydrogens (tertiary/aromatic N) is 3. The van der Waals surface area contributed by atoms with Crippen LogP contribution in [0.3, 0.4) is 0 Å². The van der Waals surface area contributed by atoms with E-state index < -0.39 is 0 Å². The minimum Gasteiger partial charge on any atom is -0.383 e. The Morgan fingerprint density at radius 1 is 0.929 bits per heavy atom. The first-order chi connectivity index (χ1) is 13.7. The van der Waals surface area contributed by atoms with Gasteiger partial charge in [0.05, 0.1) is 0 Å². The van der Waals surface area contributed by atoms with Gasteiger partial charge in [0, 0.05) is 60.6 Å². The molecule has 0 aliphatic rings. The molecule has 0 radical (unpaired) electrons. The Morgan fingerprint density at radius 2 is 1.82 bits per heavy atom. The van der Waals surface area contributed by atoms with Crippen LogP contribution < -0.4 is 11.1 Å². The molecule has 3 N–H and O–H groups in total. The minimum atomic E-state index is 0.554. The fraction of sp³-hybridized carbons (Fsp3) is 0.0870. The van der Waals surface area contributed by atoms with E-state index in [1.165, 1.54) is 0 Å². The van der Waals surface area contributed by atoms with Crippen molar-refractivity contribution in [3.8, 4) is 0 Å². The Kier molecular flexibility index (Phi) is 4.97. The summed E-state index contributed by atoms with van der Waals surface area (Å²) in [6.45, 7) is 4.84. The van der Waals surface area contributed by atoms with Crippen LogP contribution in [0.2, 0.25) is 0 Å². The van der Waals surface area contributed by atoms with Crippen molar-refractivity contribution in [2.24, 2.45) is 0 Å². The number of nitrogen functional groups attached to an aromatic ring is 1. The van der Waals surface area contributed by atoms with Crippen molar-refractivity contribution in [2.45, 2.75) is 13.0 Å². The summed E-state index contributed by atoms with van der Waals surface area (Å²) >= 11 is 0. The first kappa shape index (κ1) is 17.7. The molecule has 0 spiro atoms. The zero-order chi connectivity index (χ0) is 19.3. The molecule has 0 aliphatic carbocycles. The molecule has 5 nitrogen and oxygen atoms in total. The largest absolute Gasteiger partial charge is 0.383 e. The van der Waals surface area contributed by atoms with E-state index in [-0.39, 0.29) is 0 Å². The van der Waals surface area contributed by atoms with Crippen molar-refractivity contribution < 1.29 is 0 Å².